The molecule has 1 amide bonds. The van der Waals surface area contributed by atoms with Gasteiger partial charge in [-0.25, -0.2) is 5.84 Å². The van der Waals surface area contributed by atoms with E-state index < -0.39 is 0 Å². The quantitative estimate of drug-likeness (QED) is 0.352. The summed E-state index contributed by atoms with van der Waals surface area (Å²) in [6.45, 7) is 8.13. The van der Waals surface area contributed by atoms with Gasteiger partial charge in [0.25, 0.3) is 0 Å². The number of amides is 1. The van der Waals surface area contributed by atoms with Crippen LogP contribution in [0.4, 0.5) is 0 Å². The predicted molar refractivity (Wildman–Crippen MR) is 49.3 cm³/mol. The number of nitrogens with zero attached hydrogens (tertiary/aromatic N) is 1. The van der Waals surface area contributed by atoms with Crippen LogP contribution in [0.15, 0.2) is 0 Å². The van der Waals surface area contributed by atoms with Crippen molar-refractivity contribution in [2.45, 2.75) is 33.2 Å². The van der Waals surface area contributed by atoms with E-state index in [2.05, 4.69) is 24.2 Å². The zero-order chi connectivity index (χ0) is 9.56. The third-order valence-corrected chi connectivity index (χ3v) is 2.08. The number of rotatable bonds is 5. The van der Waals surface area contributed by atoms with Crippen molar-refractivity contribution in [2.24, 2.45) is 5.84 Å². The van der Waals surface area contributed by atoms with E-state index in [4.69, 9.17) is 5.84 Å². The van der Waals surface area contributed by atoms with Crippen molar-refractivity contribution in [3.05, 3.63) is 0 Å². The van der Waals surface area contributed by atoms with Crippen LogP contribution >= 0.6 is 0 Å². The lowest BCUT2D eigenvalue weighted by Gasteiger charge is -2.25. The van der Waals surface area contributed by atoms with Crippen LogP contribution in [-0.2, 0) is 4.79 Å². The average molecular weight is 173 g/mol. The van der Waals surface area contributed by atoms with Gasteiger partial charge < -0.3 is 4.90 Å². The van der Waals surface area contributed by atoms with Gasteiger partial charge in [0.2, 0.25) is 5.91 Å². The molecule has 0 aromatic carbocycles. The number of carbonyl (C=O) groups excluding carboxylic acids is 1. The second kappa shape index (κ2) is 5.97. The van der Waals surface area contributed by atoms with E-state index in [1.165, 1.54) is 0 Å². The largest absolute Gasteiger partial charge is 0.301 e. The molecule has 1 atom stereocenters. The molecule has 0 aliphatic heterocycles. The van der Waals surface area contributed by atoms with E-state index in [9.17, 15) is 4.79 Å². The molecule has 0 aromatic rings. The van der Waals surface area contributed by atoms with E-state index in [0.717, 1.165) is 13.1 Å². The summed E-state index contributed by atoms with van der Waals surface area (Å²) >= 11 is 0. The Morgan fingerprint density at radius 1 is 1.50 bits per heavy atom. The molecule has 0 spiro atoms. The zero-order valence-electron chi connectivity index (χ0n) is 8.13. The number of carbonyl (C=O) groups is 1. The van der Waals surface area contributed by atoms with Crippen molar-refractivity contribution < 1.29 is 4.79 Å². The molecule has 1 unspecified atom stereocenters. The summed E-state index contributed by atoms with van der Waals surface area (Å²) < 4.78 is 0. The third-order valence-electron chi connectivity index (χ3n) is 2.08. The monoisotopic (exact) mass is 173 g/mol. The van der Waals surface area contributed by atoms with Crippen LogP contribution in [0.25, 0.3) is 0 Å². The van der Waals surface area contributed by atoms with E-state index in [-0.39, 0.29) is 11.9 Å². The summed E-state index contributed by atoms with van der Waals surface area (Å²) in [6, 6.07) is 0.267. The second-order valence-corrected chi connectivity index (χ2v) is 2.84. The standard InChI is InChI=1S/C8H19N3O/c1-4-11(5-2)7(3)6-8(12)10-9/h7H,4-6,9H2,1-3H3,(H,10,12). The van der Waals surface area contributed by atoms with E-state index in [0.29, 0.717) is 6.42 Å². The number of hydrazine groups is 1. The Bertz CT molecular complexity index is 134. The number of hydrogen-bond donors (Lipinski definition) is 2. The van der Waals surface area contributed by atoms with Crippen molar-refractivity contribution >= 4 is 5.91 Å². The Labute approximate surface area is 74.1 Å². The lowest BCUT2D eigenvalue weighted by atomic mass is 10.2. The summed E-state index contributed by atoms with van der Waals surface area (Å²) in [5.74, 6) is 4.88. The third kappa shape index (κ3) is 3.69. The number of hydrogen-bond acceptors (Lipinski definition) is 3. The minimum absolute atomic E-state index is 0.102. The summed E-state index contributed by atoms with van der Waals surface area (Å²) in [4.78, 5) is 13.1. The van der Waals surface area contributed by atoms with Crippen molar-refractivity contribution in [1.82, 2.24) is 10.3 Å². The van der Waals surface area contributed by atoms with Crippen molar-refractivity contribution in [2.75, 3.05) is 13.1 Å². The molecule has 4 nitrogen and oxygen atoms in total. The maximum Gasteiger partial charge on any atom is 0.235 e. The Hall–Kier alpha value is -0.610. The summed E-state index contributed by atoms with van der Waals surface area (Å²) in [6.07, 6.45) is 0.470. The predicted octanol–water partition coefficient (Wildman–Crippen LogP) is 0.0967. The molecule has 0 saturated carbocycles. The summed E-state index contributed by atoms with van der Waals surface area (Å²) in [7, 11) is 0. The Morgan fingerprint density at radius 3 is 2.33 bits per heavy atom. The number of nitrogens with one attached hydrogen (secondary N) is 1. The van der Waals surface area contributed by atoms with E-state index >= 15 is 0 Å². The van der Waals surface area contributed by atoms with Gasteiger partial charge in [-0.3, -0.25) is 10.2 Å². The van der Waals surface area contributed by atoms with Gasteiger partial charge in [-0.05, 0) is 20.0 Å². The molecular formula is C8H19N3O. The maximum atomic E-state index is 10.9. The zero-order valence-corrected chi connectivity index (χ0v) is 8.13. The second-order valence-electron chi connectivity index (χ2n) is 2.84. The fourth-order valence-electron chi connectivity index (χ4n) is 1.30. The molecular weight excluding hydrogens is 154 g/mol. The Kier molecular flexibility index (Phi) is 5.66. The van der Waals surface area contributed by atoms with Gasteiger partial charge in [-0.15, -0.1) is 0 Å². The SMILES string of the molecule is CCN(CC)C(C)CC(=O)NN. The molecule has 72 valence electrons. The highest BCUT2D eigenvalue weighted by Crippen LogP contribution is 2.01. The molecule has 0 saturated heterocycles. The molecule has 0 aliphatic carbocycles. The molecule has 0 aliphatic rings. The topological polar surface area (TPSA) is 58.4 Å². The first kappa shape index (κ1) is 11.4. The van der Waals surface area contributed by atoms with E-state index in [1.54, 1.807) is 0 Å². The Balaban J connectivity index is 3.83. The highest BCUT2D eigenvalue weighted by Gasteiger charge is 2.12. The van der Waals surface area contributed by atoms with Crippen LogP contribution in [0, 0.1) is 0 Å². The summed E-state index contributed by atoms with van der Waals surface area (Å²) in [5.41, 5.74) is 2.13. The van der Waals surface area contributed by atoms with Crippen molar-refractivity contribution in [3.63, 3.8) is 0 Å². The van der Waals surface area contributed by atoms with Gasteiger partial charge in [-0.1, -0.05) is 13.8 Å². The average Bonchev–Trinajstić information content (AvgIpc) is 2.06. The van der Waals surface area contributed by atoms with Gasteiger partial charge in [0.15, 0.2) is 0 Å². The molecule has 0 fully saturated rings. The molecule has 0 heterocycles. The minimum atomic E-state index is -0.102. The molecule has 0 radical (unpaired) electrons. The fourth-order valence-corrected chi connectivity index (χ4v) is 1.30. The van der Waals surface area contributed by atoms with Gasteiger partial charge in [0.1, 0.15) is 0 Å². The lowest BCUT2D eigenvalue weighted by molar-refractivity contribution is -0.122. The lowest BCUT2D eigenvalue weighted by Crippen LogP contribution is -2.39. The number of nitrogens with two attached hydrogens (primary N) is 1. The van der Waals surface area contributed by atoms with Gasteiger partial charge in [-0.2, -0.15) is 0 Å². The fraction of sp³-hybridized carbons (Fsp3) is 0.875. The first-order chi connectivity index (χ1) is 5.65. The van der Waals surface area contributed by atoms with Crippen LogP contribution in [0.2, 0.25) is 0 Å². The van der Waals surface area contributed by atoms with Gasteiger partial charge in [0.05, 0.1) is 0 Å². The smallest absolute Gasteiger partial charge is 0.235 e. The maximum absolute atomic E-state index is 10.9. The van der Waals surface area contributed by atoms with Crippen molar-refractivity contribution in [3.8, 4) is 0 Å². The minimum Gasteiger partial charge on any atom is -0.301 e. The molecule has 0 aromatic heterocycles. The molecule has 4 heteroatoms. The van der Waals surface area contributed by atoms with Gasteiger partial charge in [0, 0.05) is 12.5 Å². The van der Waals surface area contributed by atoms with Gasteiger partial charge >= 0.3 is 0 Å². The summed E-state index contributed by atoms with van der Waals surface area (Å²) in [5, 5.41) is 0. The van der Waals surface area contributed by atoms with Crippen molar-refractivity contribution in [1.29, 1.82) is 0 Å². The van der Waals surface area contributed by atoms with Crippen LogP contribution in [0.5, 0.6) is 0 Å². The Morgan fingerprint density at radius 2 is 2.00 bits per heavy atom. The van der Waals surface area contributed by atoms with Crippen LogP contribution in [-0.4, -0.2) is 29.9 Å². The van der Waals surface area contributed by atoms with Crippen LogP contribution < -0.4 is 11.3 Å². The van der Waals surface area contributed by atoms with Crippen LogP contribution in [0.1, 0.15) is 27.2 Å². The molecule has 3 N–H and O–H groups in total. The molecule has 0 bridgehead atoms. The molecule has 12 heavy (non-hydrogen) atoms. The van der Waals surface area contributed by atoms with Crippen LogP contribution in [0.3, 0.4) is 0 Å². The highest BCUT2D eigenvalue weighted by molar-refractivity contribution is 5.75. The first-order valence-corrected chi connectivity index (χ1v) is 4.39. The molecule has 0 rings (SSSR count). The van der Waals surface area contributed by atoms with E-state index in [1.807, 2.05) is 6.92 Å². The highest BCUT2D eigenvalue weighted by atomic mass is 16.2. The first-order valence-electron chi connectivity index (χ1n) is 4.39. The normalized spacial score (nSPS) is 13.1.